The second-order valence-electron chi connectivity index (χ2n) is 3.17. The van der Waals surface area contributed by atoms with E-state index in [4.69, 9.17) is 0 Å². The topological polar surface area (TPSA) is 40.1 Å². The number of hydrogen-bond donors (Lipinski definition) is 0. The van der Waals surface area contributed by atoms with E-state index >= 15 is 0 Å². The fourth-order valence-corrected chi connectivity index (χ4v) is 2.07. The average molecular weight is 191 g/mol. The van der Waals surface area contributed by atoms with Crippen LogP contribution in [0.5, 0.6) is 0 Å². The highest BCUT2D eigenvalue weighted by molar-refractivity contribution is 7.79. The number of rotatable bonds is 7. The molecule has 0 fully saturated rings. The zero-order valence-electron chi connectivity index (χ0n) is 8.04. The van der Waals surface area contributed by atoms with Crippen LogP contribution in [-0.4, -0.2) is 14.0 Å². The lowest BCUT2D eigenvalue weighted by Crippen LogP contribution is -2.14. The van der Waals surface area contributed by atoms with Gasteiger partial charge in [-0.1, -0.05) is 50.6 Å². The largest absolute Gasteiger partial charge is 0.772 e. The number of unbranched alkanes of at least 4 members (excludes halogenated alkanes) is 2. The second kappa shape index (κ2) is 7.74. The molecule has 0 saturated carbocycles. The summed E-state index contributed by atoms with van der Waals surface area (Å²) in [6.07, 6.45) is 5.99. The van der Waals surface area contributed by atoms with E-state index in [1.165, 1.54) is 0 Å². The Morgan fingerprint density at radius 3 is 2.25 bits per heavy atom. The van der Waals surface area contributed by atoms with Gasteiger partial charge in [0.1, 0.15) is 0 Å². The van der Waals surface area contributed by atoms with E-state index in [1.807, 2.05) is 6.92 Å². The SMILES string of the molecule is CCCCCC(CCC)S(=O)[O-]. The summed E-state index contributed by atoms with van der Waals surface area (Å²) in [7, 11) is 0. The minimum Gasteiger partial charge on any atom is -0.772 e. The summed E-state index contributed by atoms with van der Waals surface area (Å²) in [5.41, 5.74) is 0. The van der Waals surface area contributed by atoms with E-state index in [2.05, 4.69) is 6.92 Å². The highest BCUT2D eigenvalue weighted by Gasteiger charge is 2.06. The van der Waals surface area contributed by atoms with Crippen molar-refractivity contribution in [3.05, 3.63) is 0 Å². The van der Waals surface area contributed by atoms with E-state index in [1.54, 1.807) is 0 Å². The fourth-order valence-electron chi connectivity index (χ4n) is 1.28. The summed E-state index contributed by atoms with van der Waals surface area (Å²) in [5.74, 6) is 0. The van der Waals surface area contributed by atoms with Crippen molar-refractivity contribution in [1.82, 2.24) is 0 Å². The minimum atomic E-state index is -1.86. The Kier molecular flexibility index (Phi) is 7.81. The van der Waals surface area contributed by atoms with Gasteiger partial charge in [0.05, 0.1) is 0 Å². The Morgan fingerprint density at radius 1 is 1.17 bits per heavy atom. The molecule has 0 aromatic carbocycles. The van der Waals surface area contributed by atoms with Crippen molar-refractivity contribution in [2.24, 2.45) is 0 Å². The van der Waals surface area contributed by atoms with E-state index in [0.717, 1.165) is 38.5 Å². The zero-order chi connectivity index (χ0) is 9.40. The van der Waals surface area contributed by atoms with Crippen molar-refractivity contribution in [1.29, 1.82) is 0 Å². The van der Waals surface area contributed by atoms with Crippen molar-refractivity contribution < 1.29 is 8.76 Å². The molecule has 0 aromatic heterocycles. The first-order chi connectivity index (χ1) is 5.72. The van der Waals surface area contributed by atoms with Crippen molar-refractivity contribution in [3.8, 4) is 0 Å². The Hall–Kier alpha value is 0.110. The molecular weight excluding hydrogens is 172 g/mol. The third kappa shape index (κ3) is 5.72. The van der Waals surface area contributed by atoms with Gasteiger partial charge in [0.15, 0.2) is 0 Å². The highest BCUT2D eigenvalue weighted by Crippen LogP contribution is 2.12. The van der Waals surface area contributed by atoms with E-state index in [9.17, 15) is 8.76 Å². The Labute approximate surface area is 78.0 Å². The van der Waals surface area contributed by atoms with E-state index < -0.39 is 11.1 Å². The lowest BCUT2D eigenvalue weighted by atomic mass is 10.1. The van der Waals surface area contributed by atoms with Crippen LogP contribution in [0.1, 0.15) is 52.4 Å². The molecule has 0 spiro atoms. The molecule has 74 valence electrons. The predicted octanol–water partition coefficient (Wildman–Crippen LogP) is 2.61. The molecule has 2 nitrogen and oxygen atoms in total. The van der Waals surface area contributed by atoms with Crippen LogP contribution in [0.25, 0.3) is 0 Å². The third-order valence-electron chi connectivity index (χ3n) is 2.01. The van der Waals surface area contributed by atoms with Crippen molar-refractivity contribution in [3.63, 3.8) is 0 Å². The highest BCUT2D eigenvalue weighted by atomic mass is 32.2. The third-order valence-corrected chi connectivity index (χ3v) is 3.03. The molecule has 0 aliphatic heterocycles. The van der Waals surface area contributed by atoms with Gasteiger partial charge in [-0.25, -0.2) is 0 Å². The van der Waals surface area contributed by atoms with Crippen LogP contribution in [0.3, 0.4) is 0 Å². The molecule has 2 unspecified atom stereocenters. The Bertz CT molecular complexity index is 126. The Morgan fingerprint density at radius 2 is 1.83 bits per heavy atom. The number of hydrogen-bond acceptors (Lipinski definition) is 2. The van der Waals surface area contributed by atoms with Gasteiger partial charge in [0.25, 0.3) is 0 Å². The minimum absolute atomic E-state index is 0.0958. The summed E-state index contributed by atoms with van der Waals surface area (Å²) < 4.78 is 21.4. The van der Waals surface area contributed by atoms with Crippen LogP contribution >= 0.6 is 0 Å². The quantitative estimate of drug-likeness (QED) is 0.458. The predicted molar refractivity (Wildman–Crippen MR) is 51.8 cm³/mol. The molecule has 0 N–H and O–H groups in total. The molecule has 0 radical (unpaired) electrons. The van der Waals surface area contributed by atoms with Crippen LogP contribution in [0.4, 0.5) is 0 Å². The molecule has 3 heteroatoms. The first kappa shape index (κ1) is 12.1. The Balaban J connectivity index is 3.56. The molecule has 12 heavy (non-hydrogen) atoms. The zero-order valence-corrected chi connectivity index (χ0v) is 8.86. The van der Waals surface area contributed by atoms with Gasteiger partial charge in [0, 0.05) is 5.25 Å². The van der Waals surface area contributed by atoms with E-state index in [0.29, 0.717) is 0 Å². The molecule has 0 bridgehead atoms. The van der Waals surface area contributed by atoms with Crippen LogP contribution in [0.15, 0.2) is 0 Å². The average Bonchev–Trinajstić information content (AvgIpc) is 2.03. The first-order valence-corrected chi connectivity index (χ1v) is 5.94. The van der Waals surface area contributed by atoms with Crippen molar-refractivity contribution >= 4 is 11.1 Å². The molecule has 2 atom stereocenters. The van der Waals surface area contributed by atoms with E-state index in [-0.39, 0.29) is 5.25 Å². The standard InChI is InChI=1S/C9H20O2S/c1-3-5-6-8-9(7-4-2)12(10)11/h9H,3-8H2,1-2H3,(H,10,11)/p-1. The van der Waals surface area contributed by atoms with Crippen LogP contribution in [-0.2, 0) is 11.1 Å². The van der Waals surface area contributed by atoms with Crippen LogP contribution < -0.4 is 0 Å². The van der Waals surface area contributed by atoms with Crippen molar-refractivity contribution in [2.75, 3.05) is 0 Å². The molecule has 0 heterocycles. The summed E-state index contributed by atoms with van der Waals surface area (Å²) in [6, 6.07) is 0. The maximum absolute atomic E-state index is 10.7. The van der Waals surface area contributed by atoms with Crippen molar-refractivity contribution in [2.45, 2.75) is 57.6 Å². The van der Waals surface area contributed by atoms with Gasteiger partial charge in [0.2, 0.25) is 0 Å². The molecule has 0 saturated heterocycles. The maximum atomic E-state index is 10.7. The van der Waals surface area contributed by atoms with Gasteiger partial charge < -0.3 is 4.55 Å². The van der Waals surface area contributed by atoms with Gasteiger partial charge in [-0.05, 0) is 12.8 Å². The smallest absolute Gasteiger partial charge is 0.0215 e. The molecule has 0 aliphatic carbocycles. The summed E-state index contributed by atoms with van der Waals surface area (Å²) in [5, 5.41) is -0.0958. The van der Waals surface area contributed by atoms with Gasteiger partial charge in [-0.3, -0.25) is 4.21 Å². The normalized spacial score (nSPS) is 15.9. The molecular formula is C9H19O2S-. The lowest BCUT2D eigenvalue weighted by molar-refractivity contribution is 0.499. The van der Waals surface area contributed by atoms with Crippen LogP contribution in [0, 0.1) is 0 Å². The lowest BCUT2D eigenvalue weighted by Gasteiger charge is -2.18. The van der Waals surface area contributed by atoms with Crippen LogP contribution in [0.2, 0.25) is 0 Å². The molecule has 0 amide bonds. The maximum Gasteiger partial charge on any atom is 0.0215 e. The summed E-state index contributed by atoms with van der Waals surface area (Å²) in [6.45, 7) is 4.16. The molecule has 0 aliphatic rings. The first-order valence-electron chi connectivity index (χ1n) is 4.80. The fraction of sp³-hybridized carbons (Fsp3) is 1.00. The summed E-state index contributed by atoms with van der Waals surface area (Å²) >= 11 is -1.86. The van der Waals surface area contributed by atoms with Gasteiger partial charge in [-0.2, -0.15) is 0 Å². The second-order valence-corrected chi connectivity index (χ2v) is 4.35. The summed E-state index contributed by atoms with van der Waals surface area (Å²) in [4.78, 5) is 0. The monoisotopic (exact) mass is 191 g/mol. The van der Waals surface area contributed by atoms with Gasteiger partial charge in [-0.15, -0.1) is 0 Å². The molecule has 0 aromatic rings. The molecule has 0 rings (SSSR count). The van der Waals surface area contributed by atoms with Gasteiger partial charge >= 0.3 is 0 Å².